The van der Waals surface area contributed by atoms with Crippen molar-refractivity contribution >= 4 is 0 Å². The summed E-state index contributed by atoms with van der Waals surface area (Å²) in [4.78, 5) is 0. The van der Waals surface area contributed by atoms with E-state index in [-0.39, 0.29) is 11.1 Å². The Morgan fingerprint density at radius 1 is 0.677 bits per heavy atom. The second-order valence-corrected chi connectivity index (χ2v) is 8.36. The molecule has 0 unspecified atom stereocenters. The van der Waals surface area contributed by atoms with Crippen LogP contribution in [-0.2, 0) is 19.3 Å². The molecule has 0 heterocycles. The third-order valence-electron chi connectivity index (χ3n) is 6.21. The lowest BCUT2D eigenvalue weighted by atomic mass is 9.82. The SMILES string of the molecule is CCCCCCCc1ccc2c(c1)CCc1c-2ccc(-c2cc(F)c(F)c(F)c2)c1F. The molecule has 31 heavy (non-hydrogen) atoms. The summed E-state index contributed by atoms with van der Waals surface area (Å²) in [5, 5.41) is 0. The largest absolute Gasteiger partial charge is 0.206 e. The van der Waals surface area contributed by atoms with Gasteiger partial charge in [0.05, 0.1) is 0 Å². The van der Waals surface area contributed by atoms with Crippen molar-refractivity contribution in [2.45, 2.75) is 58.3 Å². The van der Waals surface area contributed by atoms with Crippen molar-refractivity contribution in [3.63, 3.8) is 0 Å². The second kappa shape index (κ2) is 9.25. The number of benzene rings is 3. The standard InChI is InChI=1S/C27H26F4/c1-2-3-4-5-6-7-17-8-10-20-18(14-17)9-11-23-22(20)13-12-21(26(23)30)19-15-24(28)27(31)25(29)16-19/h8,10,12-16H,2-7,9,11H2,1H3. The quantitative estimate of drug-likeness (QED) is 0.203. The van der Waals surface area contributed by atoms with Crippen LogP contribution in [-0.4, -0.2) is 0 Å². The van der Waals surface area contributed by atoms with Crippen LogP contribution in [0.3, 0.4) is 0 Å². The molecule has 0 saturated carbocycles. The number of fused-ring (bicyclic) bond motifs is 3. The van der Waals surface area contributed by atoms with Gasteiger partial charge in [-0.3, -0.25) is 0 Å². The summed E-state index contributed by atoms with van der Waals surface area (Å²) in [7, 11) is 0. The van der Waals surface area contributed by atoms with Gasteiger partial charge in [0.15, 0.2) is 17.5 Å². The average molecular weight is 426 g/mol. The summed E-state index contributed by atoms with van der Waals surface area (Å²) in [6, 6.07) is 11.4. The molecule has 0 atom stereocenters. The van der Waals surface area contributed by atoms with Gasteiger partial charge in [0.2, 0.25) is 0 Å². The van der Waals surface area contributed by atoms with Gasteiger partial charge in [0.25, 0.3) is 0 Å². The fraction of sp³-hybridized carbons (Fsp3) is 0.333. The molecular formula is C27H26F4. The number of halogens is 4. The van der Waals surface area contributed by atoms with E-state index >= 15 is 4.39 Å². The van der Waals surface area contributed by atoms with Crippen LogP contribution in [0.15, 0.2) is 42.5 Å². The van der Waals surface area contributed by atoms with Gasteiger partial charge in [-0.15, -0.1) is 0 Å². The summed E-state index contributed by atoms with van der Waals surface area (Å²) in [6.07, 6.45) is 8.52. The zero-order valence-corrected chi connectivity index (χ0v) is 17.7. The predicted molar refractivity (Wildman–Crippen MR) is 117 cm³/mol. The first-order valence-electron chi connectivity index (χ1n) is 11.1. The highest BCUT2D eigenvalue weighted by atomic mass is 19.2. The Kier molecular flexibility index (Phi) is 6.45. The summed E-state index contributed by atoms with van der Waals surface area (Å²) in [5.41, 5.74) is 4.99. The van der Waals surface area contributed by atoms with E-state index < -0.39 is 23.3 Å². The summed E-state index contributed by atoms with van der Waals surface area (Å²) >= 11 is 0. The highest BCUT2D eigenvalue weighted by molar-refractivity contribution is 5.78. The molecule has 0 spiro atoms. The Balaban J connectivity index is 1.61. The van der Waals surface area contributed by atoms with Gasteiger partial charge in [-0.2, -0.15) is 0 Å². The molecule has 0 aliphatic heterocycles. The van der Waals surface area contributed by atoms with Crippen LogP contribution >= 0.6 is 0 Å². The minimum atomic E-state index is -1.54. The van der Waals surface area contributed by atoms with Crippen LogP contribution in [0, 0.1) is 23.3 Å². The molecule has 0 bridgehead atoms. The Labute approximate surface area is 180 Å². The van der Waals surface area contributed by atoms with Crippen LogP contribution in [0.4, 0.5) is 17.6 Å². The van der Waals surface area contributed by atoms with Crippen LogP contribution in [0.1, 0.15) is 55.7 Å². The first kappa shape index (κ1) is 21.6. The molecule has 3 aromatic carbocycles. The molecule has 0 aromatic heterocycles. The van der Waals surface area contributed by atoms with E-state index in [1.54, 1.807) is 6.07 Å². The van der Waals surface area contributed by atoms with Gasteiger partial charge in [0.1, 0.15) is 5.82 Å². The molecule has 0 fully saturated rings. The minimum absolute atomic E-state index is 0.000850. The highest BCUT2D eigenvalue weighted by Crippen LogP contribution is 2.39. The van der Waals surface area contributed by atoms with Crippen molar-refractivity contribution < 1.29 is 17.6 Å². The van der Waals surface area contributed by atoms with E-state index in [2.05, 4.69) is 25.1 Å². The maximum Gasteiger partial charge on any atom is 0.194 e. The van der Waals surface area contributed by atoms with Crippen molar-refractivity contribution in [1.29, 1.82) is 0 Å². The van der Waals surface area contributed by atoms with E-state index in [4.69, 9.17) is 0 Å². The van der Waals surface area contributed by atoms with Gasteiger partial charge in [0, 0.05) is 5.56 Å². The smallest absolute Gasteiger partial charge is 0.194 e. The molecule has 1 aliphatic carbocycles. The van der Waals surface area contributed by atoms with Gasteiger partial charge < -0.3 is 0 Å². The number of hydrogen-bond acceptors (Lipinski definition) is 0. The van der Waals surface area contributed by atoms with Gasteiger partial charge in [-0.1, -0.05) is 62.9 Å². The van der Waals surface area contributed by atoms with E-state index in [1.807, 2.05) is 0 Å². The Morgan fingerprint density at radius 2 is 1.35 bits per heavy atom. The van der Waals surface area contributed by atoms with Gasteiger partial charge >= 0.3 is 0 Å². The fourth-order valence-electron chi connectivity index (χ4n) is 4.52. The molecule has 0 radical (unpaired) electrons. The van der Waals surface area contributed by atoms with Gasteiger partial charge in [-0.05, 0) is 71.2 Å². The molecule has 1 aliphatic rings. The van der Waals surface area contributed by atoms with Crippen LogP contribution in [0.2, 0.25) is 0 Å². The second-order valence-electron chi connectivity index (χ2n) is 8.36. The molecule has 0 saturated heterocycles. The molecular weight excluding hydrogens is 400 g/mol. The maximum absolute atomic E-state index is 15.3. The fourth-order valence-corrected chi connectivity index (χ4v) is 4.52. The highest BCUT2D eigenvalue weighted by Gasteiger charge is 2.23. The normalized spacial score (nSPS) is 12.5. The number of rotatable bonds is 7. The lowest BCUT2D eigenvalue weighted by Crippen LogP contribution is -2.08. The molecule has 3 aromatic rings. The van der Waals surface area contributed by atoms with Crippen molar-refractivity contribution in [1.82, 2.24) is 0 Å². The van der Waals surface area contributed by atoms with E-state index in [9.17, 15) is 13.2 Å². The van der Waals surface area contributed by atoms with Crippen molar-refractivity contribution in [3.8, 4) is 22.3 Å². The molecule has 4 heteroatoms. The third-order valence-corrected chi connectivity index (χ3v) is 6.21. The Morgan fingerprint density at radius 3 is 2.10 bits per heavy atom. The zero-order chi connectivity index (χ0) is 22.0. The lowest BCUT2D eigenvalue weighted by molar-refractivity contribution is 0.447. The van der Waals surface area contributed by atoms with Gasteiger partial charge in [-0.25, -0.2) is 17.6 Å². The topological polar surface area (TPSA) is 0 Å². The lowest BCUT2D eigenvalue weighted by Gasteiger charge is -2.22. The summed E-state index contributed by atoms with van der Waals surface area (Å²) < 4.78 is 55.9. The van der Waals surface area contributed by atoms with E-state index in [1.165, 1.54) is 49.3 Å². The third kappa shape index (κ3) is 4.39. The van der Waals surface area contributed by atoms with Crippen LogP contribution in [0.25, 0.3) is 22.3 Å². The van der Waals surface area contributed by atoms with E-state index in [0.29, 0.717) is 12.0 Å². The molecule has 0 nitrogen and oxygen atoms in total. The number of aryl methyl sites for hydroxylation is 2. The molecule has 0 N–H and O–H groups in total. The first-order valence-corrected chi connectivity index (χ1v) is 11.1. The minimum Gasteiger partial charge on any atom is -0.206 e. The molecule has 0 amide bonds. The monoisotopic (exact) mass is 426 g/mol. The van der Waals surface area contributed by atoms with Crippen molar-refractivity contribution in [2.75, 3.05) is 0 Å². The van der Waals surface area contributed by atoms with Crippen molar-refractivity contribution in [2.24, 2.45) is 0 Å². The van der Waals surface area contributed by atoms with Crippen LogP contribution in [0.5, 0.6) is 0 Å². The Hall–Kier alpha value is -2.62. The number of unbranched alkanes of at least 4 members (excludes halogenated alkanes) is 4. The summed E-state index contributed by atoms with van der Waals surface area (Å²) in [5.74, 6) is -4.68. The molecule has 162 valence electrons. The Bertz CT molecular complexity index is 1080. The number of hydrogen-bond donors (Lipinski definition) is 0. The maximum atomic E-state index is 15.3. The summed E-state index contributed by atoms with van der Waals surface area (Å²) in [6.45, 7) is 2.21. The van der Waals surface area contributed by atoms with Crippen LogP contribution < -0.4 is 0 Å². The zero-order valence-electron chi connectivity index (χ0n) is 17.7. The van der Waals surface area contributed by atoms with E-state index in [0.717, 1.165) is 36.1 Å². The average Bonchev–Trinajstić information content (AvgIpc) is 2.77. The van der Waals surface area contributed by atoms with Crippen molar-refractivity contribution in [3.05, 3.63) is 82.4 Å². The predicted octanol–water partition coefficient (Wildman–Crippen LogP) is 8.19. The first-order chi connectivity index (χ1) is 15.0. The molecule has 4 rings (SSSR count).